The second-order valence-electron chi connectivity index (χ2n) is 10.0. The Hall–Kier alpha value is -3.49. The minimum atomic E-state index is -4.58. The number of fused-ring (bicyclic) bond motifs is 1. The Balaban J connectivity index is 1.43. The van der Waals surface area contributed by atoms with Gasteiger partial charge in [-0.05, 0) is 79.9 Å². The highest BCUT2D eigenvalue weighted by Crippen LogP contribution is 2.38. The molecule has 9 heteroatoms. The molecule has 0 aliphatic carbocycles. The molecule has 0 unspecified atom stereocenters. The van der Waals surface area contributed by atoms with E-state index in [1.54, 1.807) is 6.07 Å². The van der Waals surface area contributed by atoms with Gasteiger partial charge in [-0.3, -0.25) is 4.90 Å². The number of hydrogen-bond acceptors (Lipinski definition) is 5. The quantitative estimate of drug-likeness (QED) is 0.230. The first-order valence-corrected chi connectivity index (χ1v) is 13.7. The predicted molar refractivity (Wildman–Crippen MR) is 149 cm³/mol. The van der Waals surface area contributed by atoms with Gasteiger partial charge in [-0.25, -0.2) is 4.79 Å². The van der Waals surface area contributed by atoms with E-state index in [-0.39, 0.29) is 33.9 Å². The monoisotopic (exact) mass is 571 g/mol. The highest BCUT2D eigenvalue weighted by Gasteiger charge is 2.31. The van der Waals surface area contributed by atoms with Crippen molar-refractivity contribution >= 4 is 22.6 Å². The van der Waals surface area contributed by atoms with Crippen molar-refractivity contribution in [3.8, 4) is 22.6 Å². The molecule has 0 amide bonds. The van der Waals surface area contributed by atoms with E-state index < -0.39 is 17.4 Å². The van der Waals surface area contributed by atoms with E-state index in [1.807, 2.05) is 24.3 Å². The highest BCUT2D eigenvalue weighted by molar-refractivity contribution is 6.33. The minimum Gasteiger partial charge on any atom is -0.508 e. The fourth-order valence-corrected chi connectivity index (χ4v) is 5.44. The Kier molecular flexibility index (Phi) is 8.38. The van der Waals surface area contributed by atoms with Crippen LogP contribution in [-0.4, -0.2) is 36.2 Å². The Bertz CT molecular complexity index is 1540. The minimum absolute atomic E-state index is 0.0784. The van der Waals surface area contributed by atoms with Gasteiger partial charge < -0.3 is 14.3 Å². The van der Waals surface area contributed by atoms with Crippen molar-refractivity contribution in [2.75, 3.05) is 26.2 Å². The van der Waals surface area contributed by atoms with Gasteiger partial charge in [-0.1, -0.05) is 42.6 Å². The van der Waals surface area contributed by atoms with Crippen LogP contribution in [0.25, 0.3) is 22.1 Å². The first-order valence-electron chi connectivity index (χ1n) is 13.3. The second kappa shape index (κ2) is 11.9. The Morgan fingerprint density at radius 2 is 1.68 bits per heavy atom. The summed E-state index contributed by atoms with van der Waals surface area (Å²) in [5.74, 6) is 0.649. The SMILES string of the molecule is O=c1oc2cc(O)ccc2c(Cc2ccc(OCCN3CCCCCC3)cc2)c1-c1ccc(C(F)(F)F)cc1Cl. The number of phenols is 1. The van der Waals surface area contributed by atoms with Gasteiger partial charge in [0.25, 0.3) is 0 Å². The zero-order chi connectivity index (χ0) is 28.3. The third-order valence-corrected chi connectivity index (χ3v) is 7.56. The Labute approximate surface area is 234 Å². The summed E-state index contributed by atoms with van der Waals surface area (Å²) in [6.45, 7) is 3.66. The van der Waals surface area contributed by atoms with Gasteiger partial charge in [0.05, 0.1) is 11.1 Å². The largest absolute Gasteiger partial charge is 0.508 e. The zero-order valence-electron chi connectivity index (χ0n) is 21.8. The van der Waals surface area contributed by atoms with Gasteiger partial charge in [0, 0.05) is 28.6 Å². The standard InChI is InChI=1S/C31H29ClF3NO4/c32-27-18-21(31(33,34)35)7-11-25(27)29-26(24-12-8-22(37)19-28(24)40-30(29)38)17-20-5-9-23(10-6-20)39-16-15-36-13-3-1-2-4-14-36/h5-12,18-19,37H,1-4,13-17H2. The predicted octanol–water partition coefficient (Wildman–Crippen LogP) is 7.68. The number of nitrogens with zero attached hydrogens (tertiary/aromatic N) is 1. The van der Waals surface area contributed by atoms with Crippen molar-refractivity contribution in [2.24, 2.45) is 0 Å². The van der Waals surface area contributed by atoms with Crippen molar-refractivity contribution in [3.05, 3.63) is 92.8 Å². The molecule has 0 atom stereocenters. The van der Waals surface area contributed by atoms with Gasteiger partial charge in [0.2, 0.25) is 0 Å². The summed E-state index contributed by atoms with van der Waals surface area (Å²) in [6.07, 6.45) is 0.707. The van der Waals surface area contributed by atoms with Crippen LogP contribution in [0.5, 0.6) is 11.5 Å². The van der Waals surface area contributed by atoms with E-state index >= 15 is 0 Å². The molecular formula is C31H29ClF3NO4. The van der Waals surface area contributed by atoms with E-state index in [1.165, 1.54) is 43.9 Å². The summed E-state index contributed by atoms with van der Waals surface area (Å²) in [7, 11) is 0. The van der Waals surface area contributed by atoms with Gasteiger partial charge in [-0.2, -0.15) is 13.2 Å². The zero-order valence-corrected chi connectivity index (χ0v) is 22.5. The van der Waals surface area contributed by atoms with Crippen molar-refractivity contribution in [1.29, 1.82) is 0 Å². The summed E-state index contributed by atoms with van der Waals surface area (Å²) in [6, 6.07) is 14.8. The molecule has 0 radical (unpaired) electrons. The fraction of sp³-hybridized carbons (Fsp3) is 0.323. The Morgan fingerprint density at radius 1 is 0.950 bits per heavy atom. The van der Waals surface area contributed by atoms with Gasteiger partial charge >= 0.3 is 11.8 Å². The molecule has 1 aliphatic heterocycles. The molecule has 5 nitrogen and oxygen atoms in total. The van der Waals surface area contributed by atoms with Gasteiger partial charge in [0.1, 0.15) is 23.7 Å². The number of aromatic hydroxyl groups is 1. The molecule has 210 valence electrons. The Morgan fingerprint density at radius 3 is 2.35 bits per heavy atom. The molecule has 1 saturated heterocycles. The lowest BCUT2D eigenvalue weighted by Gasteiger charge is -2.19. The molecule has 40 heavy (non-hydrogen) atoms. The van der Waals surface area contributed by atoms with Crippen LogP contribution < -0.4 is 10.4 Å². The average molecular weight is 572 g/mol. The second-order valence-corrected chi connectivity index (χ2v) is 10.4. The molecule has 4 aromatic rings. The summed E-state index contributed by atoms with van der Waals surface area (Å²) < 4.78 is 51.1. The molecule has 1 aliphatic rings. The van der Waals surface area contributed by atoms with E-state index in [0.29, 0.717) is 17.6 Å². The van der Waals surface area contributed by atoms with Crippen LogP contribution in [0.1, 0.15) is 42.4 Å². The number of benzene rings is 3. The van der Waals surface area contributed by atoms with E-state index in [4.69, 9.17) is 20.8 Å². The van der Waals surface area contributed by atoms with E-state index in [9.17, 15) is 23.1 Å². The maximum absolute atomic E-state index is 13.2. The normalized spacial score (nSPS) is 14.8. The molecule has 0 spiro atoms. The summed E-state index contributed by atoms with van der Waals surface area (Å²) in [4.78, 5) is 15.6. The third-order valence-electron chi connectivity index (χ3n) is 7.24. The van der Waals surface area contributed by atoms with Crippen LogP contribution in [0.15, 0.2) is 69.9 Å². The van der Waals surface area contributed by atoms with Crippen LogP contribution in [0, 0.1) is 0 Å². The lowest BCUT2D eigenvalue weighted by Crippen LogP contribution is -2.29. The van der Waals surface area contributed by atoms with Gasteiger partial charge in [-0.15, -0.1) is 0 Å². The van der Waals surface area contributed by atoms with Crippen molar-refractivity contribution < 1.29 is 27.4 Å². The molecule has 0 bridgehead atoms. The number of ether oxygens (including phenoxy) is 1. The molecule has 3 aromatic carbocycles. The lowest BCUT2D eigenvalue weighted by molar-refractivity contribution is -0.137. The fourth-order valence-electron chi connectivity index (χ4n) is 5.16. The molecule has 5 rings (SSSR count). The number of rotatable bonds is 7. The molecule has 1 aromatic heterocycles. The van der Waals surface area contributed by atoms with Crippen LogP contribution in [-0.2, 0) is 12.6 Å². The maximum Gasteiger partial charge on any atom is 0.416 e. The van der Waals surface area contributed by atoms with Gasteiger partial charge in [0.15, 0.2) is 0 Å². The van der Waals surface area contributed by atoms with Crippen molar-refractivity contribution in [2.45, 2.75) is 38.3 Å². The van der Waals surface area contributed by atoms with Crippen molar-refractivity contribution in [1.82, 2.24) is 4.90 Å². The number of halogens is 4. The molecule has 1 N–H and O–H groups in total. The number of hydrogen-bond donors (Lipinski definition) is 1. The van der Waals surface area contributed by atoms with E-state index in [2.05, 4.69) is 4.90 Å². The van der Waals surface area contributed by atoms with Crippen LogP contribution in [0.4, 0.5) is 13.2 Å². The molecule has 2 heterocycles. The summed E-state index contributed by atoms with van der Waals surface area (Å²) >= 11 is 6.29. The average Bonchev–Trinajstić information content (AvgIpc) is 3.18. The highest BCUT2D eigenvalue weighted by atomic mass is 35.5. The van der Waals surface area contributed by atoms with Crippen LogP contribution in [0.3, 0.4) is 0 Å². The topological polar surface area (TPSA) is 62.9 Å². The van der Waals surface area contributed by atoms with E-state index in [0.717, 1.165) is 43.1 Å². The maximum atomic E-state index is 13.2. The lowest BCUT2D eigenvalue weighted by atomic mass is 9.93. The first kappa shape index (κ1) is 28.1. The number of alkyl halides is 3. The molecule has 0 saturated carbocycles. The van der Waals surface area contributed by atoms with Crippen LogP contribution >= 0.6 is 11.6 Å². The summed E-state index contributed by atoms with van der Waals surface area (Å²) in [5.41, 5.74) is 0.0937. The molecule has 1 fully saturated rings. The molecular weight excluding hydrogens is 543 g/mol. The number of likely N-dealkylation sites (tertiary alicyclic amines) is 1. The smallest absolute Gasteiger partial charge is 0.416 e. The summed E-state index contributed by atoms with van der Waals surface area (Å²) in [5, 5.41) is 10.3. The van der Waals surface area contributed by atoms with Crippen molar-refractivity contribution in [3.63, 3.8) is 0 Å². The van der Waals surface area contributed by atoms with Crippen LogP contribution in [0.2, 0.25) is 5.02 Å². The number of phenolic OH excluding ortho intramolecular Hbond substituents is 1. The third kappa shape index (κ3) is 6.45. The first-order chi connectivity index (χ1) is 19.2.